The fourth-order valence-corrected chi connectivity index (χ4v) is 4.25. The molecule has 40 heavy (non-hydrogen) atoms. The molecule has 0 radical (unpaired) electrons. The first kappa shape index (κ1) is 26.4. The highest BCUT2D eigenvalue weighted by Gasteiger charge is 2.21. The number of fused-ring (bicyclic) bond motifs is 1. The second-order valence-electron chi connectivity index (χ2n) is 9.38. The second-order valence-corrected chi connectivity index (χ2v) is 9.38. The van der Waals surface area contributed by atoms with Gasteiger partial charge in [0.1, 0.15) is 23.3 Å². The SMILES string of the molecule is CN(C)C/C=C/C(=O)N(C)c1cccc(-n2c(=O)n(-c3ccc(Oc4ccccc4)cc3)c3c(N)ncnc32)c1. The third-order valence-corrected chi connectivity index (χ3v) is 6.26. The summed E-state index contributed by atoms with van der Waals surface area (Å²) in [5, 5.41) is 0. The van der Waals surface area contributed by atoms with Crippen molar-refractivity contribution in [3.63, 3.8) is 0 Å². The van der Waals surface area contributed by atoms with E-state index >= 15 is 0 Å². The third-order valence-electron chi connectivity index (χ3n) is 6.26. The van der Waals surface area contributed by atoms with Gasteiger partial charge in [0.15, 0.2) is 11.5 Å². The van der Waals surface area contributed by atoms with Gasteiger partial charge in [0.25, 0.3) is 0 Å². The monoisotopic (exact) mass is 535 g/mol. The van der Waals surface area contributed by atoms with Crippen LogP contribution in [0.15, 0.2) is 102 Å². The molecule has 2 aromatic heterocycles. The summed E-state index contributed by atoms with van der Waals surface area (Å²) in [5.74, 6) is 1.31. The van der Waals surface area contributed by atoms with Gasteiger partial charge in [0, 0.05) is 25.4 Å². The molecule has 0 spiro atoms. The Balaban J connectivity index is 1.54. The fraction of sp³-hybridized carbons (Fsp3) is 0.133. The van der Waals surface area contributed by atoms with Gasteiger partial charge in [-0.2, -0.15) is 0 Å². The Morgan fingerprint density at radius 3 is 2.35 bits per heavy atom. The lowest BCUT2D eigenvalue weighted by atomic mass is 10.2. The van der Waals surface area contributed by atoms with Crippen molar-refractivity contribution in [3.05, 3.63) is 108 Å². The molecular formula is C30H29N7O3. The van der Waals surface area contributed by atoms with Crippen molar-refractivity contribution in [2.24, 2.45) is 0 Å². The molecule has 5 rings (SSSR count). The number of benzene rings is 3. The third kappa shape index (κ3) is 5.33. The van der Waals surface area contributed by atoms with Crippen LogP contribution < -0.4 is 21.1 Å². The highest BCUT2D eigenvalue weighted by molar-refractivity contribution is 6.01. The van der Waals surface area contributed by atoms with Crippen molar-refractivity contribution >= 4 is 28.6 Å². The smallest absolute Gasteiger partial charge is 0.339 e. The van der Waals surface area contributed by atoms with Gasteiger partial charge in [-0.05, 0) is 68.7 Å². The van der Waals surface area contributed by atoms with E-state index in [1.807, 2.05) is 49.3 Å². The van der Waals surface area contributed by atoms with Crippen molar-refractivity contribution in [3.8, 4) is 22.9 Å². The number of hydrogen-bond acceptors (Lipinski definition) is 7. The largest absolute Gasteiger partial charge is 0.457 e. The number of amides is 1. The number of carbonyl (C=O) groups excluding carboxylic acids is 1. The molecule has 0 aliphatic carbocycles. The van der Waals surface area contributed by atoms with Gasteiger partial charge in [-0.15, -0.1) is 0 Å². The predicted octanol–water partition coefficient (Wildman–Crippen LogP) is 4.03. The number of likely N-dealkylation sites (N-methyl/N-ethyl adjacent to an activating group) is 2. The molecule has 0 bridgehead atoms. The fourth-order valence-electron chi connectivity index (χ4n) is 4.25. The number of nitrogen functional groups attached to an aromatic ring is 1. The maximum atomic E-state index is 13.9. The Morgan fingerprint density at radius 1 is 0.900 bits per heavy atom. The quantitative estimate of drug-likeness (QED) is 0.299. The zero-order valence-electron chi connectivity index (χ0n) is 22.4. The molecular weight excluding hydrogens is 506 g/mol. The van der Waals surface area contributed by atoms with E-state index in [9.17, 15) is 9.59 Å². The number of nitrogens with two attached hydrogens (primary N) is 1. The van der Waals surface area contributed by atoms with E-state index in [2.05, 4.69) is 9.97 Å². The first-order chi connectivity index (χ1) is 19.3. The summed E-state index contributed by atoms with van der Waals surface area (Å²) >= 11 is 0. The summed E-state index contributed by atoms with van der Waals surface area (Å²) in [6.07, 6.45) is 4.66. The minimum absolute atomic E-state index is 0.167. The maximum absolute atomic E-state index is 13.9. The molecule has 3 aromatic carbocycles. The van der Waals surface area contributed by atoms with Crippen LogP contribution in [0.2, 0.25) is 0 Å². The van der Waals surface area contributed by atoms with Crippen LogP contribution in [-0.2, 0) is 4.79 Å². The summed E-state index contributed by atoms with van der Waals surface area (Å²) in [5.41, 5.74) is 8.33. The van der Waals surface area contributed by atoms with Crippen LogP contribution in [0.25, 0.3) is 22.5 Å². The summed E-state index contributed by atoms with van der Waals surface area (Å²) in [7, 11) is 5.55. The number of rotatable bonds is 8. The first-order valence-corrected chi connectivity index (χ1v) is 12.6. The molecule has 202 valence electrons. The van der Waals surface area contributed by atoms with Crippen molar-refractivity contribution in [1.82, 2.24) is 24.0 Å². The lowest BCUT2D eigenvalue weighted by Gasteiger charge is -2.16. The van der Waals surface area contributed by atoms with E-state index in [-0.39, 0.29) is 17.4 Å². The number of ether oxygens (including phenoxy) is 1. The molecule has 1 amide bonds. The van der Waals surface area contributed by atoms with E-state index in [0.29, 0.717) is 46.3 Å². The summed E-state index contributed by atoms with van der Waals surface area (Å²) in [6, 6.07) is 23.7. The molecule has 0 aliphatic rings. The Hall–Kier alpha value is -5.22. The highest BCUT2D eigenvalue weighted by Crippen LogP contribution is 2.27. The molecule has 0 aliphatic heterocycles. The topological polar surface area (TPSA) is 112 Å². The summed E-state index contributed by atoms with van der Waals surface area (Å²) in [4.78, 5) is 38.7. The maximum Gasteiger partial charge on any atom is 0.339 e. The van der Waals surface area contributed by atoms with Crippen molar-refractivity contribution in [1.29, 1.82) is 0 Å². The van der Waals surface area contributed by atoms with E-state index in [0.717, 1.165) is 0 Å². The van der Waals surface area contributed by atoms with Gasteiger partial charge in [-0.3, -0.25) is 9.36 Å². The zero-order chi connectivity index (χ0) is 28.2. The van der Waals surface area contributed by atoms with Crippen LogP contribution in [-0.4, -0.2) is 57.6 Å². The Morgan fingerprint density at radius 2 is 1.62 bits per heavy atom. The van der Waals surface area contributed by atoms with Crippen LogP contribution in [0, 0.1) is 0 Å². The number of anilines is 2. The molecule has 0 fully saturated rings. The van der Waals surface area contributed by atoms with Gasteiger partial charge in [0.2, 0.25) is 5.91 Å². The molecule has 0 saturated carbocycles. The van der Waals surface area contributed by atoms with Gasteiger partial charge in [-0.25, -0.2) is 19.3 Å². The molecule has 10 nitrogen and oxygen atoms in total. The van der Waals surface area contributed by atoms with Crippen LogP contribution in [0.3, 0.4) is 0 Å². The van der Waals surface area contributed by atoms with Gasteiger partial charge >= 0.3 is 5.69 Å². The van der Waals surface area contributed by atoms with Crippen molar-refractivity contribution in [2.75, 3.05) is 38.3 Å². The molecule has 10 heteroatoms. The highest BCUT2D eigenvalue weighted by atomic mass is 16.5. The lowest BCUT2D eigenvalue weighted by molar-refractivity contribution is -0.113. The molecule has 0 unspecified atom stereocenters. The molecule has 2 N–H and O–H groups in total. The lowest BCUT2D eigenvalue weighted by Crippen LogP contribution is -2.25. The minimum atomic E-state index is -0.379. The number of carbonyl (C=O) groups is 1. The van der Waals surface area contributed by atoms with E-state index < -0.39 is 0 Å². The average Bonchev–Trinajstić information content (AvgIpc) is 3.26. The standard InChI is InChI=1S/C30H29N7O3/c1-34(2)18-8-13-26(38)35(3)22-9-7-10-23(19-22)37-29-27(28(31)32-20-33-29)36(30(37)39)21-14-16-25(17-15-21)40-24-11-5-4-6-12-24/h4-17,19-20H,18H2,1-3H3,(H2,31,32,33)/b13-8+. The second kappa shape index (κ2) is 11.3. The number of nitrogens with zero attached hydrogens (tertiary/aromatic N) is 6. The molecule has 5 aromatic rings. The molecule has 2 heterocycles. The Labute approximate surface area is 231 Å². The summed E-state index contributed by atoms with van der Waals surface area (Å²) < 4.78 is 8.83. The van der Waals surface area contributed by atoms with Crippen LogP contribution in [0.1, 0.15) is 0 Å². The van der Waals surface area contributed by atoms with E-state index in [1.165, 1.54) is 26.4 Å². The normalized spacial score (nSPS) is 11.4. The van der Waals surface area contributed by atoms with Gasteiger partial charge in [-0.1, -0.05) is 30.3 Å². The van der Waals surface area contributed by atoms with Crippen molar-refractivity contribution in [2.45, 2.75) is 0 Å². The Bertz CT molecular complexity index is 1740. The van der Waals surface area contributed by atoms with Gasteiger partial charge < -0.3 is 20.3 Å². The van der Waals surface area contributed by atoms with E-state index in [1.54, 1.807) is 61.7 Å². The van der Waals surface area contributed by atoms with Gasteiger partial charge in [0.05, 0.1) is 11.4 Å². The minimum Gasteiger partial charge on any atom is -0.457 e. The Kier molecular flexibility index (Phi) is 7.43. The average molecular weight is 536 g/mol. The van der Waals surface area contributed by atoms with Crippen LogP contribution >= 0.6 is 0 Å². The van der Waals surface area contributed by atoms with Crippen LogP contribution in [0.5, 0.6) is 11.5 Å². The van der Waals surface area contributed by atoms with Crippen molar-refractivity contribution < 1.29 is 9.53 Å². The number of aromatic nitrogens is 4. The predicted molar refractivity (Wildman–Crippen MR) is 156 cm³/mol. The number of imidazole rings is 1. The van der Waals surface area contributed by atoms with E-state index in [4.69, 9.17) is 10.5 Å². The summed E-state index contributed by atoms with van der Waals surface area (Å²) in [6.45, 7) is 0.648. The molecule has 0 atom stereocenters. The van der Waals surface area contributed by atoms with Crippen LogP contribution in [0.4, 0.5) is 11.5 Å². The zero-order valence-corrected chi connectivity index (χ0v) is 22.4. The number of para-hydroxylation sites is 1. The molecule has 0 saturated heterocycles. The number of hydrogen-bond donors (Lipinski definition) is 1. The first-order valence-electron chi connectivity index (χ1n) is 12.6.